The summed E-state index contributed by atoms with van der Waals surface area (Å²) >= 11 is 0. The normalized spacial score (nSPS) is 10.7. The monoisotopic (exact) mass is 377 g/mol. The van der Waals surface area contributed by atoms with Crippen molar-refractivity contribution in [2.45, 2.75) is 6.54 Å². The minimum absolute atomic E-state index is 0.360. The van der Waals surface area contributed by atoms with Crippen LogP contribution in [0.2, 0.25) is 0 Å². The second kappa shape index (κ2) is 9.31. The summed E-state index contributed by atoms with van der Waals surface area (Å²) in [6.45, 7) is 0.617. The molecule has 8 nitrogen and oxygen atoms in total. The van der Waals surface area contributed by atoms with Crippen molar-refractivity contribution >= 4 is 24.1 Å². The molecule has 1 heterocycles. The van der Waals surface area contributed by atoms with E-state index >= 15 is 0 Å². The van der Waals surface area contributed by atoms with E-state index in [1.165, 1.54) is 0 Å². The van der Waals surface area contributed by atoms with Crippen molar-refractivity contribution in [3.05, 3.63) is 65.7 Å². The minimum atomic E-state index is 0.360. The summed E-state index contributed by atoms with van der Waals surface area (Å²) in [6.07, 6.45) is 1.69. The van der Waals surface area contributed by atoms with E-state index in [0.717, 1.165) is 16.9 Å². The van der Waals surface area contributed by atoms with Crippen molar-refractivity contribution in [2.75, 3.05) is 36.8 Å². The van der Waals surface area contributed by atoms with E-state index in [1.54, 1.807) is 13.3 Å². The number of ether oxygens (including phenoxy) is 1. The van der Waals surface area contributed by atoms with Crippen LogP contribution in [0.5, 0.6) is 5.75 Å². The van der Waals surface area contributed by atoms with Gasteiger partial charge in [0.05, 0.1) is 13.3 Å². The van der Waals surface area contributed by atoms with Gasteiger partial charge < -0.3 is 15.0 Å². The predicted octanol–water partition coefficient (Wildman–Crippen LogP) is 3.00. The first-order valence-corrected chi connectivity index (χ1v) is 8.78. The van der Waals surface area contributed by atoms with E-state index in [1.807, 2.05) is 73.6 Å². The Hall–Kier alpha value is -3.68. The Morgan fingerprint density at radius 3 is 2.36 bits per heavy atom. The van der Waals surface area contributed by atoms with Crippen LogP contribution in [0.4, 0.5) is 17.8 Å². The fraction of sp³-hybridized carbons (Fsp3) is 0.200. The highest BCUT2D eigenvalue weighted by Crippen LogP contribution is 2.13. The summed E-state index contributed by atoms with van der Waals surface area (Å²) in [5.41, 5.74) is 4.93. The maximum atomic E-state index is 5.15. The van der Waals surface area contributed by atoms with E-state index in [-0.39, 0.29) is 0 Å². The van der Waals surface area contributed by atoms with Gasteiger partial charge in [-0.2, -0.15) is 20.1 Å². The van der Waals surface area contributed by atoms with Crippen LogP contribution in [0.1, 0.15) is 11.1 Å². The molecule has 3 aromatic rings. The van der Waals surface area contributed by atoms with Gasteiger partial charge in [-0.3, -0.25) is 0 Å². The molecule has 0 amide bonds. The number of anilines is 3. The van der Waals surface area contributed by atoms with Gasteiger partial charge in [-0.1, -0.05) is 30.3 Å². The lowest BCUT2D eigenvalue weighted by Gasteiger charge is -2.13. The van der Waals surface area contributed by atoms with Crippen molar-refractivity contribution in [3.8, 4) is 5.75 Å². The third kappa shape index (κ3) is 5.41. The summed E-state index contributed by atoms with van der Waals surface area (Å²) in [5, 5.41) is 7.44. The standard InChI is InChI=1S/C20H23N7O/c1-27(2)20-24-18(21-13-15-7-5-4-6-8-15)23-19(25-20)26-22-14-16-9-11-17(28-3)12-10-16/h4-12,14H,13H2,1-3H3,(H2,21,23,24,25,26)/b22-14-. The molecular weight excluding hydrogens is 354 g/mol. The van der Waals surface area contributed by atoms with Crippen LogP contribution in [0.3, 0.4) is 0 Å². The average Bonchev–Trinajstić information content (AvgIpc) is 2.73. The molecule has 0 saturated heterocycles. The van der Waals surface area contributed by atoms with Crippen LogP contribution < -0.4 is 20.4 Å². The largest absolute Gasteiger partial charge is 0.497 e. The van der Waals surface area contributed by atoms with E-state index in [9.17, 15) is 0 Å². The van der Waals surface area contributed by atoms with Crippen LogP contribution in [0.15, 0.2) is 59.7 Å². The summed E-state index contributed by atoms with van der Waals surface area (Å²) in [5.74, 6) is 2.17. The Labute approximate surface area is 164 Å². The molecule has 0 aliphatic carbocycles. The summed E-state index contributed by atoms with van der Waals surface area (Å²) in [7, 11) is 5.39. The maximum Gasteiger partial charge on any atom is 0.250 e. The molecular formula is C20H23N7O. The van der Waals surface area contributed by atoms with Gasteiger partial charge in [-0.05, 0) is 35.4 Å². The van der Waals surface area contributed by atoms with Crippen molar-refractivity contribution < 1.29 is 4.74 Å². The quantitative estimate of drug-likeness (QED) is 0.461. The lowest BCUT2D eigenvalue weighted by Crippen LogP contribution is -2.16. The summed E-state index contributed by atoms with van der Waals surface area (Å²) in [4.78, 5) is 15.0. The van der Waals surface area contributed by atoms with Crippen molar-refractivity contribution in [3.63, 3.8) is 0 Å². The van der Waals surface area contributed by atoms with Crippen LogP contribution >= 0.6 is 0 Å². The number of rotatable bonds is 8. The van der Waals surface area contributed by atoms with Gasteiger partial charge in [0.25, 0.3) is 0 Å². The molecule has 1 aromatic heterocycles. The lowest BCUT2D eigenvalue weighted by atomic mass is 10.2. The van der Waals surface area contributed by atoms with Crippen LogP contribution in [0.25, 0.3) is 0 Å². The molecule has 0 aliphatic rings. The third-order valence-corrected chi connectivity index (χ3v) is 3.81. The maximum absolute atomic E-state index is 5.15. The lowest BCUT2D eigenvalue weighted by molar-refractivity contribution is 0.415. The second-order valence-electron chi connectivity index (χ2n) is 6.16. The van der Waals surface area contributed by atoms with Gasteiger partial charge in [0.15, 0.2) is 0 Å². The van der Waals surface area contributed by atoms with E-state index < -0.39 is 0 Å². The van der Waals surface area contributed by atoms with Gasteiger partial charge >= 0.3 is 0 Å². The van der Waals surface area contributed by atoms with Gasteiger partial charge in [0.1, 0.15) is 5.75 Å². The number of hydrazone groups is 1. The average molecular weight is 377 g/mol. The Morgan fingerprint density at radius 2 is 1.68 bits per heavy atom. The minimum Gasteiger partial charge on any atom is -0.497 e. The fourth-order valence-electron chi connectivity index (χ4n) is 2.33. The smallest absolute Gasteiger partial charge is 0.250 e. The molecule has 0 spiro atoms. The SMILES string of the molecule is COc1ccc(/C=N\Nc2nc(NCc3ccccc3)nc(N(C)C)n2)cc1. The number of methoxy groups -OCH3 is 1. The molecule has 0 saturated carbocycles. The van der Waals surface area contributed by atoms with Crippen LogP contribution in [-0.2, 0) is 6.54 Å². The Bertz CT molecular complexity index is 912. The molecule has 0 aliphatic heterocycles. The van der Waals surface area contributed by atoms with E-state index in [4.69, 9.17) is 4.74 Å². The van der Waals surface area contributed by atoms with Crippen molar-refractivity contribution in [1.82, 2.24) is 15.0 Å². The summed E-state index contributed by atoms with van der Waals surface area (Å²) in [6, 6.07) is 17.6. The zero-order valence-electron chi connectivity index (χ0n) is 16.1. The molecule has 2 N–H and O–H groups in total. The molecule has 0 bridgehead atoms. The first-order chi connectivity index (χ1) is 13.6. The highest BCUT2D eigenvalue weighted by Gasteiger charge is 2.07. The second-order valence-corrected chi connectivity index (χ2v) is 6.16. The Balaban J connectivity index is 1.70. The number of hydrogen-bond acceptors (Lipinski definition) is 8. The molecule has 8 heteroatoms. The number of nitrogens with one attached hydrogen (secondary N) is 2. The number of benzene rings is 2. The Morgan fingerprint density at radius 1 is 0.964 bits per heavy atom. The molecule has 144 valence electrons. The van der Waals surface area contributed by atoms with Gasteiger partial charge in [-0.25, -0.2) is 5.43 Å². The zero-order valence-corrected chi connectivity index (χ0v) is 16.1. The molecule has 0 fully saturated rings. The molecule has 0 unspecified atom stereocenters. The topological polar surface area (TPSA) is 87.6 Å². The number of hydrogen-bond donors (Lipinski definition) is 2. The molecule has 3 rings (SSSR count). The van der Waals surface area contributed by atoms with Gasteiger partial charge in [-0.15, -0.1) is 0 Å². The van der Waals surface area contributed by atoms with Crippen molar-refractivity contribution in [2.24, 2.45) is 5.10 Å². The molecule has 2 aromatic carbocycles. The fourth-order valence-corrected chi connectivity index (χ4v) is 2.33. The number of aromatic nitrogens is 3. The van der Waals surface area contributed by atoms with E-state index in [2.05, 4.69) is 30.8 Å². The van der Waals surface area contributed by atoms with Crippen LogP contribution in [-0.4, -0.2) is 42.4 Å². The zero-order chi connectivity index (χ0) is 19.8. The first kappa shape index (κ1) is 19.1. The first-order valence-electron chi connectivity index (χ1n) is 8.78. The third-order valence-electron chi connectivity index (χ3n) is 3.81. The highest BCUT2D eigenvalue weighted by atomic mass is 16.5. The van der Waals surface area contributed by atoms with E-state index in [0.29, 0.717) is 24.4 Å². The highest BCUT2D eigenvalue weighted by molar-refractivity contribution is 5.80. The molecule has 0 radical (unpaired) electrons. The summed E-state index contributed by atoms with van der Waals surface area (Å²) < 4.78 is 5.15. The predicted molar refractivity (Wildman–Crippen MR) is 112 cm³/mol. The molecule has 0 atom stereocenters. The Kier molecular flexibility index (Phi) is 6.35. The number of nitrogens with zero attached hydrogens (tertiary/aromatic N) is 5. The molecule has 28 heavy (non-hydrogen) atoms. The van der Waals surface area contributed by atoms with Gasteiger partial charge in [0, 0.05) is 20.6 Å². The van der Waals surface area contributed by atoms with Gasteiger partial charge in [0.2, 0.25) is 17.8 Å². The van der Waals surface area contributed by atoms with Crippen molar-refractivity contribution in [1.29, 1.82) is 0 Å². The van der Waals surface area contributed by atoms with Crippen LogP contribution in [0, 0.1) is 0 Å².